The highest BCUT2D eigenvalue weighted by Gasteiger charge is 1.90. The van der Waals surface area contributed by atoms with Crippen molar-refractivity contribution < 1.29 is 4.74 Å². The third-order valence-electron chi connectivity index (χ3n) is 2.24. The van der Waals surface area contributed by atoms with Gasteiger partial charge in [0.15, 0.2) is 0 Å². The summed E-state index contributed by atoms with van der Waals surface area (Å²) in [5.41, 5.74) is 0. The lowest BCUT2D eigenvalue weighted by Crippen LogP contribution is -2.18. The van der Waals surface area contributed by atoms with E-state index in [1.807, 2.05) is 11.8 Å². The highest BCUT2D eigenvalue weighted by Crippen LogP contribution is 1.97. The number of hydrogen-bond donors (Lipinski definition) is 1. The van der Waals surface area contributed by atoms with E-state index in [0.29, 0.717) is 0 Å². The SMILES string of the molecule is CCCCOCCCNCCCCSC. The fourth-order valence-corrected chi connectivity index (χ4v) is 1.76. The van der Waals surface area contributed by atoms with Crippen molar-refractivity contribution in [1.82, 2.24) is 5.32 Å². The van der Waals surface area contributed by atoms with Crippen molar-refractivity contribution in [3.05, 3.63) is 0 Å². The molecule has 0 atom stereocenters. The highest BCUT2D eigenvalue weighted by atomic mass is 32.2. The van der Waals surface area contributed by atoms with Crippen molar-refractivity contribution in [2.24, 2.45) is 0 Å². The summed E-state index contributed by atoms with van der Waals surface area (Å²) in [6, 6.07) is 0. The lowest BCUT2D eigenvalue weighted by molar-refractivity contribution is 0.129. The molecule has 0 heterocycles. The predicted molar refractivity (Wildman–Crippen MR) is 70.8 cm³/mol. The quantitative estimate of drug-likeness (QED) is 0.524. The molecule has 92 valence electrons. The second-order valence-electron chi connectivity index (χ2n) is 3.77. The van der Waals surface area contributed by atoms with Gasteiger partial charge in [-0.05, 0) is 50.8 Å². The largest absolute Gasteiger partial charge is 0.381 e. The zero-order chi connectivity index (χ0) is 11.2. The van der Waals surface area contributed by atoms with Crippen LogP contribution in [-0.2, 0) is 4.74 Å². The lowest BCUT2D eigenvalue weighted by Gasteiger charge is -2.05. The summed E-state index contributed by atoms with van der Waals surface area (Å²) >= 11 is 1.93. The van der Waals surface area contributed by atoms with E-state index in [9.17, 15) is 0 Å². The van der Waals surface area contributed by atoms with E-state index in [-0.39, 0.29) is 0 Å². The molecule has 0 saturated carbocycles. The minimum Gasteiger partial charge on any atom is -0.381 e. The Kier molecular flexibility index (Phi) is 14.5. The third-order valence-corrected chi connectivity index (χ3v) is 2.93. The maximum absolute atomic E-state index is 5.48. The maximum Gasteiger partial charge on any atom is 0.0478 e. The molecule has 0 aromatic heterocycles. The number of thioether (sulfide) groups is 1. The summed E-state index contributed by atoms with van der Waals surface area (Å²) in [7, 11) is 0. The van der Waals surface area contributed by atoms with Crippen molar-refractivity contribution in [3.8, 4) is 0 Å². The Bertz CT molecular complexity index is 99.8. The fourth-order valence-electron chi connectivity index (χ4n) is 1.27. The third kappa shape index (κ3) is 14.3. The summed E-state index contributed by atoms with van der Waals surface area (Å²) in [6.45, 7) is 6.31. The Balaban J connectivity index is 2.81. The number of nitrogens with one attached hydrogen (secondary N) is 1. The van der Waals surface area contributed by atoms with E-state index < -0.39 is 0 Å². The van der Waals surface area contributed by atoms with E-state index in [2.05, 4.69) is 18.5 Å². The van der Waals surface area contributed by atoms with Gasteiger partial charge < -0.3 is 10.1 Å². The van der Waals surface area contributed by atoms with Gasteiger partial charge in [-0.15, -0.1) is 0 Å². The van der Waals surface area contributed by atoms with Crippen LogP contribution in [0.1, 0.15) is 39.0 Å². The van der Waals surface area contributed by atoms with Gasteiger partial charge in [0.05, 0.1) is 0 Å². The molecule has 0 radical (unpaired) electrons. The van der Waals surface area contributed by atoms with Crippen molar-refractivity contribution in [2.45, 2.75) is 39.0 Å². The van der Waals surface area contributed by atoms with E-state index in [4.69, 9.17) is 4.74 Å². The fraction of sp³-hybridized carbons (Fsp3) is 1.00. The Morgan fingerprint density at radius 2 is 1.73 bits per heavy atom. The number of hydrogen-bond acceptors (Lipinski definition) is 3. The molecule has 0 bridgehead atoms. The Morgan fingerprint density at radius 3 is 2.47 bits per heavy atom. The first-order valence-corrected chi connectivity index (χ1v) is 7.58. The lowest BCUT2D eigenvalue weighted by atomic mass is 10.3. The maximum atomic E-state index is 5.48. The number of rotatable bonds is 12. The molecule has 0 aliphatic rings. The van der Waals surface area contributed by atoms with Gasteiger partial charge in [-0.25, -0.2) is 0 Å². The zero-order valence-electron chi connectivity index (χ0n) is 10.4. The zero-order valence-corrected chi connectivity index (χ0v) is 11.2. The molecule has 0 saturated heterocycles. The van der Waals surface area contributed by atoms with Crippen LogP contribution in [0.15, 0.2) is 0 Å². The molecule has 0 aliphatic carbocycles. The highest BCUT2D eigenvalue weighted by molar-refractivity contribution is 7.98. The van der Waals surface area contributed by atoms with Crippen molar-refractivity contribution in [2.75, 3.05) is 38.3 Å². The molecule has 0 aliphatic heterocycles. The van der Waals surface area contributed by atoms with Crippen LogP contribution < -0.4 is 5.32 Å². The minimum atomic E-state index is 0.914. The molecule has 0 unspecified atom stereocenters. The second-order valence-corrected chi connectivity index (χ2v) is 4.75. The van der Waals surface area contributed by atoms with Gasteiger partial charge in [0.25, 0.3) is 0 Å². The van der Waals surface area contributed by atoms with Gasteiger partial charge in [0.1, 0.15) is 0 Å². The molecule has 15 heavy (non-hydrogen) atoms. The first-order valence-electron chi connectivity index (χ1n) is 6.19. The molecular weight excluding hydrogens is 206 g/mol. The number of unbranched alkanes of at least 4 members (excludes halogenated alkanes) is 2. The molecule has 0 rings (SSSR count). The van der Waals surface area contributed by atoms with Gasteiger partial charge >= 0.3 is 0 Å². The molecule has 0 aromatic rings. The van der Waals surface area contributed by atoms with E-state index >= 15 is 0 Å². The average molecular weight is 233 g/mol. The van der Waals surface area contributed by atoms with Crippen LogP contribution in [0.2, 0.25) is 0 Å². The minimum absolute atomic E-state index is 0.914. The average Bonchev–Trinajstić information content (AvgIpc) is 2.26. The molecule has 1 N–H and O–H groups in total. The normalized spacial score (nSPS) is 10.8. The molecule has 0 aromatic carbocycles. The van der Waals surface area contributed by atoms with Crippen molar-refractivity contribution in [1.29, 1.82) is 0 Å². The summed E-state index contributed by atoms with van der Waals surface area (Å²) < 4.78 is 5.48. The second kappa shape index (κ2) is 14.3. The van der Waals surface area contributed by atoms with Crippen molar-refractivity contribution >= 4 is 11.8 Å². The summed E-state index contributed by atoms with van der Waals surface area (Å²) in [4.78, 5) is 0. The standard InChI is InChI=1S/C12H27NOS/c1-3-4-10-14-11-7-9-13-8-5-6-12-15-2/h13H,3-12H2,1-2H3. The molecular formula is C12H27NOS. The van der Waals surface area contributed by atoms with E-state index in [1.165, 1.54) is 31.4 Å². The number of ether oxygens (including phenoxy) is 1. The topological polar surface area (TPSA) is 21.3 Å². The van der Waals surface area contributed by atoms with Crippen LogP contribution in [0.3, 0.4) is 0 Å². The first kappa shape index (κ1) is 15.3. The molecule has 3 heteroatoms. The molecule has 0 fully saturated rings. The van der Waals surface area contributed by atoms with Crippen LogP contribution >= 0.6 is 11.8 Å². The van der Waals surface area contributed by atoms with Crippen LogP contribution in [0, 0.1) is 0 Å². The predicted octanol–water partition coefficient (Wildman–Crippen LogP) is 2.93. The summed E-state index contributed by atoms with van der Waals surface area (Å²) in [5.74, 6) is 1.29. The van der Waals surface area contributed by atoms with Gasteiger partial charge in [0, 0.05) is 13.2 Å². The molecule has 2 nitrogen and oxygen atoms in total. The van der Waals surface area contributed by atoms with Gasteiger partial charge in [0.2, 0.25) is 0 Å². The van der Waals surface area contributed by atoms with Crippen molar-refractivity contribution in [3.63, 3.8) is 0 Å². The Morgan fingerprint density at radius 1 is 1.00 bits per heavy atom. The van der Waals surface area contributed by atoms with E-state index in [1.54, 1.807) is 0 Å². The molecule has 0 spiro atoms. The summed E-state index contributed by atoms with van der Waals surface area (Å²) in [6.07, 6.45) is 8.38. The van der Waals surface area contributed by atoms with Crippen LogP contribution in [0.5, 0.6) is 0 Å². The van der Waals surface area contributed by atoms with Gasteiger partial charge in [-0.1, -0.05) is 13.3 Å². The van der Waals surface area contributed by atoms with Gasteiger partial charge in [-0.2, -0.15) is 11.8 Å². The first-order chi connectivity index (χ1) is 7.41. The Hall–Kier alpha value is 0.270. The Labute approximate surface area is 99.5 Å². The molecule has 0 amide bonds. The van der Waals surface area contributed by atoms with E-state index in [0.717, 1.165) is 32.7 Å². The summed E-state index contributed by atoms with van der Waals surface area (Å²) in [5, 5.41) is 3.45. The monoisotopic (exact) mass is 233 g/mol. The smallest absolute Gasteiger partial charge is 0.0478 e. The van der Waals surface area contributed by atoms with Crippen LogP contribution in [-0.4, -0.2) is 38.3 Å². The van der Waals surface area contributed by atoms with Crippen LogP contribution in [0.4, 0.5) is 0 Å². The van der Waals surface area contributed by atoms with Crippen LogP contribution in [0.25, 0.3) is 0 Å². The van der Waals surface area contributed by atoms with Gasteiger partial charge in [-0.3, -0.25) is 0 Å².